The van der Waals surface area contributed by atoms with Gasteiger partial charge in [-0.05, 0) is 37.3 Å². The Morgan fingerprint density at radius 3 is 2.43 bits per heavy atom. The minimum absolute atomic E-state index is 0.0206. The third-order valence-corrected chi connectivity index (χ3v) is 4.87. The van der Waals surface area contributed by atoms with Crippen LogP contribution in [-0.4, -0.2) is 20.9 Å². The lowest BCUT2D eigenvalue weighted by Crippen LogP contribution is -2.33. The van der Waals surface area contributed by atoms with E-state index in [4.69, 9.17) is 0 Å². The molecule has 0 aliphatic heterocycles. The summed E-state index contributed by atoms with van der Waals surface area (Å²) < 4.78 is 40.4. The van der Waals surface area contributed by atoms with Gasteiger partial charge in [-0.1, -0.05) is 33.6 Å². The van der Waals surface area contributed by atoms with Gasteiger partial charge in [0.15, 0.2) is 0 Å². The Bertz CT molecular complexity index is 823. The number of amides is 1. The number of rotatable bonds is 5. The highest BCUT2D eigenvalue weighted by atomic mass is 79.9. The molecule has 0 aliphatic carbocycles. The zero-order chi connectivity index (χ0) is 17.0. The zero-order valence-corrected chi connectivity index (χ0v) is 14.5. The van der Waals surface area contributed by atoms with Crippen molar-refractivity contribution in [3.05, 3.63) is 58.3 Å². The normalized spacial score (nSPS) is 11.3. The molecule has 0 heterocycles. The third kappa shape index (κ3) is 4.85. The Morgan fingerprint density at radius 1 is 1.17 bits per heavy atom. The van der Waals surface area contributed by atoms with Crippen molar-refractivity contribution >= 4 is 37.5 Å². The van der Waals surface area contributed by atoms with Gasteiger partial charge in [-0.2, -0.15) is 0 Å². The van der Waals surface area contributed by atoms with Gasteiger partial charge in [-0.3, -0.25) is 4.79 Å². The van der Waals surface area contributed by atoms with Crippen molar-refractivity contribution in [3.8, 4) is 0 Å². The highest BCUT2D eigenvalue weighted by Crippen LogP contribution is 2.19. The monoisotopic (exact) mass is 400 g/mol. The molecule has 0 radical (unpaired) electrons. The van der Waals surface area contributed by atoms with Crippen LogP contribution in [0, 0.1) is 12.7 Å². The van der Waals surface area contributed by atoms with E-state index in [9.17, 15) is 17.6 Å². The van der Waals surface area contributed by atoms with Crippen LogP contribution in [0.4, 0.5) is 10.1 Å². The molecule has 0 atom stereocenters. The minimum atomic E-state index is -3.79. The Labute approximate surface area is 142 Å². The molecule has 0 saturated carbocycles. The van der Waals surface area contributed by atoms with Crippen molar-refractivity contribution in [3.63, 3.8) is 0 Å². The number of carbonyl (C=O) groups excluding carboxylic acids is 1. The molecule has 2 rings (SSSR count). The van der Waals surface area contributed by atoms with Gasteiger partial charge in [-0.15, -0.1) is 0 Å². The molecule has 0 spiro atoms. The lowest BCUT2D eigenvalue weighted by Gasteiger charge is -2.09. The maximum absolute atomic E-state index is 13.6. The number of benzene rings is 2. The summed E-state index contributed by atoms with van der Waals surface area (Å²) in [4.78, 5) is 11.8. The van der Waals surface area contributed by atoms with Crippen LogP contribution in [0.2, 0.25) is 0 Å². The van der Waals surface area contributed by atoms with Gasteiger partial charge >= 0.3 is 0 Å². The Morgan fingerprint density at radius 2 is 1.83 bits per heavy atom. The number of anilines is 1. The van der Waals surface area contributed by atoms with Gasteiger partial charge < -0.3 is 5.32 Å². The van der Waals surface area contributed by atoms with Crippen LogP contribution in [0.5, 0.6) is 0 Å². The summed E-state index contributed by atoms with van der Waals surface area (Å²) in [6.07, 6.45) is 0. The highest BCUT2D eigenvalue weighted by molar-refractivity contribution is 9.10. The molecule has 2 N–H and O–H groups in total. The lowest BCUT2D eigenvalue weighted by molar-refractivity contribution is -0.115. The predicted molar refractivity (Wildman–Crippen MR) is 89.1 cm³/mol. The molecule has 2 aromatic rings. The smallest absolute Gasteiger partial charge is 0.241 e. The average molecular weight is 401 g/mol. The van der Waals surface area contributed by atoms with Crippen molar-refractivity contribution in [2.75, 3.05) is 11.9 Å². The summed E-state index contributed by atoms with van der Waals surface area (Å²) in [6, 6.07) is 10.4. The Hall–Kier alpha value is -1.77. The number of nitrogens with one attached hydrogen (secondary N) is 2. The van der Waals surface area contributed by atoms with E-state index in [0.717, 1.165) is 5.56 Å². The van der Waals surface area contributed by atoms with Crippen molar-refractivity contribution in [1.82, 2.24) is 4.72 Å². The number of aryl methyl sites for hydroxylation is 1. The molecule has 0 unspecified atom stereocenters. The second kappa shape index (κ2) is 7.20. The van der Waals surface area contributed by atoms with Gasteiger partial charge in [0.1, 0.15) is 5.82 Å². The SMILES string of the molecule is Cc1ccc(S(=O)(=O)NCC(=O)Nc2ccc(Br)cc2F)cc1. The summed E-state index contributed by atoms with van der Waals surface area (Å²) in [6.45, 7) is 1.34. The van der Waals surface area contributed by atoms with E-state index in [1.807, 2.05) is 6.92 Å². The molecule has 0 saturated heterocycles. The van der Waals surface area contributed by atoms with Crippen LogP contribution in [0.15, 0.2) is 51.8 Å². The van der Waals surface area contributed by atoms with E-state index in [1.165, 1.54) is 24.3 Å². The fourth-order valence-electron chi connectivity index (χ4n) is 1.75. The van der Waals surface area contributed by atoms with Crippen LogP contribution in [0.25, 0.3) is 0 Å². The first-order chi connectivity index (χ1) is 10.8. The van der Waals surface area contributed by atoms with Gasteiger partial charge in [0.2, 0.25) is 15.9 Å². The van der Waals surface area contributed by atoms with Gasteiger partial charge in [0.25, 0.3) is 0 Å². The van der Waals surface area contributed by atoms with Gasteiger partial charge in [0, 0.05) is 4.47 Å². The summed E-state index contributed by atoms with van der Waals surface area (Å²) in [5.74, 6) is -1.28. The highest BCUT2D eigenvalue weighted by Gasteiger charge is 2.16. The molecule has 2 aromatic carbocycles. The molecule has 1 amide bonds. The quantitative estimate of drug-likeness (QED) is 0.809. The van der Waals surface area contributed by atoms with E-state index in [0.29, 0.717) is 4.47 Å². The van der Waals surface area contributed by atoms with E-state index in [-0.39, 0.29) is 10.6 Å². The summed E-state index contributed by atoms with van der Waals surface area (Å²) >= 11 is 3.11. The van der Waals surface area contributed by atoms with Crippen molar-refractivity contribution in [1.29, 1.82) is 0 Å². The van der Waals surface area contributed by atoms with E-state index in [1.54, 1.807) is 18.2 Å². The van der Waals surface area contributed by atoms with E-state index < -0.39 is 28.3 Å². The maximum Gasteiger partial charge on any atom is 0.241 e. The molecule has 23 heavy (non-hydrogen) atoms. The molecular formula is C15H14BrFN2O3S. The fraction of sp³-hybridized carbons (Fsp3) is 0.133. The summed E-state index contributed by atoms with van der Waals surface area (Å²) in [5.41, 5.74) is 0.903. The number of halogens is 2. The summed E-state index contributed by atoms with van der Waals surface area (Å²) in [7, 11) is -3.79. The van der Waals surface area contributed by atoms with Crippen LogP contribution in [0.3, 0.4) is 0 Å². The fourth-order valence-corrected chi connectivity index (χ4v) is 3.06. The minimum Gasteiger partial charge on any atom is -0.322 e. The molecule has 0 aliphatic rings. The lowest BCUT2D eigenvalue weighted by atomic mass is 10.2. The number of hydrogen-bond acceptors (Lipinski definition) is 3. The van der Waals surface area contributed by atoms with Gasteiger partial charge in [0.05, 0.1) is 17.1 Å². The zero-order valence-electron chi connectivity index (χ0n) is 12.1. The largest absolute Gasteiger partial charge is 0.322 e. The second-order valence-electron chi connectivity index (χ2n) is 4.81. The maximum atomic E-state index is 13.6. The number of hydrogen-bond donors (Lipinski definition) is 2. The molecule has 0 aromatic heterocycles. The average Bonchev–Trinajstić information content (AvgIpc) is 2.49. The molecule has 0 bridgehead atoms. The topological polar surface area (TPSA) is 75.3 Å². The molecule has 0 fully saturated rings. The Kier molecular flexibility index (Phi) is 5.51. The predicted octanol–water partition coefficient (Wildman–Crippen LogP) is 2.81. The first kappa shape index (κ1) is 17.6. The molecular weight excluding hydrogens is 387 g/mol. The standard InChI is InChI=1S/C15H14BrFN2O3S/c1-10-2-5-12(6-3-10)23(21,22)18-9-15(20)19-14-7-4-11(16)8-13(14)17/h2-8,18H,9H2,1H3,(H,19,20). The van der Waals surface area contributed by atoms with Crippen LogP contribution >= 0.6 is 15.9 Å². The summed E-state index contributed by atoms with van der Waals surface area (Å²) in [5, 5.41) is 2.31. The molecule has 5 nitrogen and oxygen atoms in total. The van der Waals surface area contributed by atoms with Crippen molar-refractivity contribution in [2.24, 2.45) is 0 Å². The van der Waals surface area contributed by atoms with Crippen LogP contribution in [0.1, 0.15) is 5.56 Å². The first-order valence-corrected chi connectivity index (χ1v) is 8.87. The Balaban J connectivity index is 1.99. The second-order valence-corrected chi connectivity index (χ2v) is 7.49. The van der Waals surface area contributed by atoms with Crippen molar-refractivity contribution < 1.29 is 17.6 Å². The first-order valence-electron chi connectivity index (χ1n) is 6.59. The molecule has 8 heteroatoms. The van der Waals surface area contributed by atoms with Crippen LogP contribution < -0.4 is 10.0 Å². The van der Waals surface area contributed by atoms with E-state index in [2.05, 4.69) is 26.0 Å². The number of carbonyl (C=O) groups is 1. The number of sulfonamides is 1. The van der Waals surface area contributed by atoms with E-state index >= 15 is 0 Å². The molecule has 122 valence electrons. The van der Waals surface area contributed by atoms with Crippen molar-refractivity contribution in [2.45, 2.75) is 11.8 Å². The van der Waals surface area contributed by atoms with Crippen LogP contribution in [-0.2, 0) is 14.8 Å². The van der Waals surface area contributed by atoms with Gasteiger partial charge in [-0.25, -0.2) is 17.5 Å². The third-order valence-electron chi connectivity index (χ3n) is 2.96.